The van der Waals surface area contributed by atoms with E-state index in [0.29, 0.717) is 6.20 Å². The van der Waals surface area contributed by atoms with Crippen molar-refractivity contribution in [1.29, 1.82) is 0 Å². The van der Waals surface area contributed by atoms with Crippen LogP contribution in [0.3, 0.4) is 0 Å². The Hall–Kier alpha value is -5.14. The zero-order chi connectivity index (χ0) is 36.8. The van der Waals surface area contributed by atoms with Crippen LogP contribution in [0.4, 0.5) is 4.79 Å². The van der Waals surface area contributed by atoms with Gasteiger partial charge in [-0.2, -0.15) is 0 Å². The van der Waals surface area contributed by atoms with Crippen molar-refractivity contribution in [3.8, 4) is 0 Å². The zero-order valence-electron chi connectivity index (χ0n) is 26.0. The molecule has 1 fully saturated rings. The topological polar surface area (TPSA) is 413 Å². The van der Waals surface area contributed by atoms with Gasteiger partial charge in [0.15, 0.2) is 12.2 Å². The molecule has 0 aromatic carbocycles. The van der Waals surface area contributed by atoms with Crippen molar-refractivity contribution < 1.29 is 54.0 Å². The number of amides is 8. The van der Waals surface area contributed by atoms with E-state index in [9.17, 15) is 54.0 Å². The summed E-state index contributed by atoms with van der Waals surface area (Å²) in [5.41, 5.74) is 21.3. The van der Waals surface area contributed by atoms with Crippen LogP contribution in [0.5, 0.6) is 0 Å². The highest BCUT2D eigenvalue weighted by atomic mass is 16.3. The van der Waals surface area contributed by atoms with Gasteiger partial charge in [0, 0.05) is 31.6 Å². The highest BCUT2D eigenvalue weighted by molar-refractivity contribution is 6.02. The van der Waals surface area contributed by atoms with Crippen LogP contribution < -0.4 is 65.5 Å². The lowest BCUT2D eigenvalue weighted by Gasteiger charge is -2.33. The average Bonchev–Trinajstić information content (AvgIpc) is 3.03. The minimum Gasteiger partial charge on any atom is -0.394 e. The molecular formula is C25H43N13O11. The summed E-state index contributed by atoms with van der Waals surface area (Å²) < 4.78 is 0. The Morgan fingerprint density at radius 1 is 0.980 bits per heavy atom. The monoisotopic (exact) mass is 701 g/mol. The van der Waals surface area contributed by atoms with E-state index in [1.165, 1.54) is 0 Å². The first-order valence-corrected chi connectivity index (χ1v) is 14.8. The van der Waals surface area contributed by atoms with E-state index in [1.807, 2.05) is 5.32 Å². The summed E-state index contributed by atoms with van der Waals surface area (Å²) in [6, 6.07) is -10.4. The fraction of sp³-hybridized carbons (Fsp3) is 0.600. The number of urea groups is 1. The lowest BCUT2D eigenvalue weighted by molar-refractivity contribution is -0.135. The lowest BCUT2D eigenvalue weighted by atomic mass is 10.0. The number of hydrogen-bond acceptors (Lipinski definition) is 16. The maximum absolute atomic E-state index is 13.6. The van der Waals surface area contributed by atoms with Gasteiger partial charge in [-0.3, -0.25) is 28.8 Å². The summed E-state index contributed by atoms with van der Waals surface area (Å²) in [5.74, 6) is -7.02. The first-order valence-electron chi connectivity index (χ1n) is 14.8. The maximum atomic E-state index is 13.6. The number of hydrogen-bond donors (Lipinski definition) is 16. The van der Waals surface area contributed by atoms with E-state index in [4.69, 9.17) is 22.9 Å². The number of primary amides is 1. The minimum absolute atomic E-state index is 0.0658. The first-order chi connectivity index (χ1) is 23.1. The van der Waals surface area contributed by atoms with E-state index in [1.54, 1.807) is 0 Å². The maximum Gasteiger partial charge on any atom is 0.316 e. The molecule has 0 spiro atoms. The number of nitrogens with zero attached hydrogens (tertiary/aromatic N) is 1. The third kappa shape index (κ3) is 12.4. The van der Waals surface area contributed by atoms with Gasteiger partial charge in [0.25, 0.3) is 5.91 Å². The number of guanidine groups is 1. The molecule has 24 nitrogen and oxygen atoms in total. The van der Waals surface area contributed by atoms with E-state index < -0.39 is 122 Å². The molecule has 0 saturated carbocycles. The molecule has 0 aromatic heterocycles. The molecule has 8 atom stereocenters. The predicted molar refractivity (Wildman–Crippen MR) is 165 cm³/mol. The van der Waals surface area contributed by atoms with Gasteiger partial charge in [0.05, 0.1) is 25.4 Å². The number of aliphatic hydroxyl groups is 4. The predicted octanol–water partition coefficient (Wildman–Crippen LogP) is -9.91. The molecule has 0 radical (unpaired) electrons. The fourth-order valence-corrected chi connectivity index (χ4v) is 4.48. The Labute approximate surface area is 278 Å². The molecule has 1 saturated heterocycles. The van der Waals surface area contributed by atoms with Crippen molar-refractivity contribution in [2.45, 2.75) is 67.8 Å². The minimum atomic E-state index is -1.81. The number of nitrogens with one attached hydrogen (secondary N) is 8. The summed E-state index contributed by atoms with van der Waals surface area (Å²) >= 11 is 0. The number of nitrogens with two attached hydrogens (primary N) is 4. The van der Waals surface area contributed by atoms with E-state index in [-0.39, 0.29) is 25.3 Å². The Morgan fingerprint density at radius 2 is 1.61 bits per heavy atom. The first kappa shape index (κ1) is 40.0. The van der Waals surface area contributed by atoms with Crippen LogP contribution in [0.25, 0.3) is 0 Å². The van der Waals surface area contributed by atoms with Crippen LogP contribution in [-0.2, 0) is 28.8 Å². The van der Waals surface area contributed by atoms with Crippen molar-refractivity contribution in [2.24, 2.45) is 27.9 Å². The van der Waals surface area contributed by atoms with Crippen LogP contribution in [0, 0.1) is 0 Å². The molecule has 0 aromatic rings. The summed E-state index contributed by atoms with van der Waals surface area (Å²) in [6.07, 6.45) is -2.69. The van der Waals surface area contributed by atoms with Crippen molar-refractivity contribution in [1.82, 2.24) is 42.5 Å². The smallest absolute Gasteiger partial charge is 0.316 e. The fourth-order valence-electron chi connectivity index (χ4n) is 4.48. The van der Waals surface area contributed by atoms with Gasteiger partial charge in [-0.15, -0.1) is 0 Å². The Morgan fingerprint density at radius 3 is 2.20 bits per heavy atom. The van der Waals surface area contributed by atoms with E-state index >= 15 is 0 Å². The largest absolute Gasteiger partial charge is 0.394 e. The second-order valence-corrected chi connectivity index (χ2v) is 10.9. The summed E-state index contributed by atoms with van der Waals surface area (Å²) in [5, 5.41) is 57.7. The molecule has 0 bridgehead atoms. The van der Waals surface area contributed by atoms with Crippen molar-refractivity contribution in [2.75, 3.05) is 26.3 Å². The lowest BCUT2D eigenvalue weighted by Crippen LogP contribution is -2.65. The van der Waals surface area contributed by atoms with E-state index in [2.05, 4.69) is 42.2 Å². The van der Waals surface area contributed by atoms with Crippen LogP contribution in [0.1, 0.15) is 19.3 Å². The molecule has 49 heavy (non-hydrogen) atoms. The summed E-state index contributed by atoms with van der Waals surface area (Å²) in [6.45, 7) is -2.75. The second-order valence-electron chi connectivity index (χ2n) is 10.9. The van der Waals surface area contributed by atoms with Crippen LogP contribution in [-0.4, -0.2) is 143 Å². The molecule has 8 amide bonds. The van der Waals surface area contributed by atoms with Gasteiger partial charge in [0.2, 0.25) is 29.5 Å². The molecule has 274 valence electrons. The van der Waals surface area contributed by atoms with Gasteiger partial charge in [-0.1, -0.05) is 0 Å². The number of carbonyl (C=O) groups is 7. The van der Waals surface area contributed by atoms with Crippen LogP contribution in [0.15, 0.2) is 16.9 Å². The number of aliphatic imine (C=N–C) groups is 1. The quantitative estimate of drug-likeness (QED) is 0.0940. The van der Waals surface area contributed by atoms with Crippen LogP contribution in [0.2, 0.25) is 0 Å². The third-order valence-corrected chi connectivity index (χ3v) is 7.06. The van der Waals surface area contributed by atoms with Crippen molar-refractivity contribution in [3.05, 3.63) is 11.9 Å². The standard InChI is InChI=1S/C25H43N13O11/c26-2-1-15(41)9(27)3-16(42)32-11-5-30-23(48)18(10-4-17(43)37-24(28)36-10)38-20(45)12(6-31-25(29)49)33-21(46)13(7-39)35-22(47)14(8-40)34-19(11)44/h6,9-11,13-15,17-18,39-41,43H,1-5,7-8,26-27H2,(H,30,48)(H,32,42)(H,33,46)(H,34,44)(H,35,47)(H,38,45)(H3,28,36,37)(H3,29,31,49)/b12-6-. The summed E-state index contributed by atoms with van der Waals surface area (Å²) in [4.78, 5) is 94.0. The van der Waals surface area contributed by atoms with Crippen LogP contribution >= 0.6 is 0 Å². The molecule has 2 aliphatic rings. The summed E-state index contributed by atoms with van der Waals surface area (Å²) in [7, 11) is 0. The molecule has 2 rings (SSSR count). The van der Waals surface area contributed by atoms with Gasteiger partial charge >= 0.3 is 6.03 Å². The van der Waals surface area contributed by atoms with Gasteiger partial charge < -0.3 is 85.9 Å². The van der Waals surface area contributed by atoms with Crippen molar-refractivity contribution >= 4 is 47.4 Å². The Bertz CT molecular complexity index is 1310. The molecular weight excluding hydrogens is 658 g/mol. The normalized spacial score (nSPS) is 27.9. The average molecular weight is 702 g/mol. The van der Waals surface area contributed by atoms with E-state index in [0.717, 1.165) is 0 Å². The molecule has 0 aliphatic carbocycles. The molecule has 2 heterocycles. The zero-order valence-corrected chi connectivity index (χ0v) is 26.0. The molecule has 20 N–H and O–H groups in total. The highest BCUT2D eigenvalue weighted by Crippen LogP contribution is 2.11. The number of rotatable bonds is 10. The SMILES string of the molecule is NCCC(O)C(N)CC(=O)NC1CNC(=O)C(C2CC(O)N=C(N)N2)NC(=O)/C(=C/NC(N)=O)NC(=O)C(CO)NC(=O)C(CO)NC1=O. The molecule has 24 heteroatoms. The molecule has 8 unspecified atom stereocenters. The number of aliphatic hydroxyl groups excluding tert-OH is 4. The second kappa shape index (κ2) is 19.0. The van der Waals surface area contributed by atoms with Gasteiger partial charge in [0.1, 0.15) is 29.9 Å². The molecule has 2 aliphatic heterocycles. The van der Waals surface area contributed by atoms with Crippen molar-refractivity contribution in [3.63, 3.8) is 0 Å². The van der Waals surface area contributed by atoms with Gasteiger partial charge in [-0.05, 0) is 13.0 Å². The third-order valence-electron chi connectivity index (χ3n) is 7.06. The Balaban J connectivity index is 2.55. The van der Waals surface area contributed by atoms with Gasteiger partial charge in [-0.25, -0.2) is 9.79 Å². The highest BCUT2D eigenvalue weighted by Gasteiger charge is 2.37. The number of carbonyl (C=O) groups excluding carboxylic acids is 7. The Kier molecular flexibility index (Phi) is 15.5.